The van der Waals surface area contributed by atoms with Gasteiger partial charge in [-0.2, -0.15) is 0 Å². The molecule has 1 fully saturated rings. The Bertz CT molecular complexity index is 881. The summed E-state index contributed by atoms with van der Waals surface area (Å²) in [6.45, 7) is 8.87. The van der Waals surface area contributed by atoms with Gasteiger partial charge in [0.15, 0.2) is 11.5 Å². The SMILES string of the molecule is CCCNc1cc(C(=O)N2CCN(Cc3ccc4c(c3)OCO4)CC2)nc(C)n1. The van der Waals surface area contributed by atoms with E-state index in [1.54, 1.807) is 6.07 Å². The lowest BCUT2D eigenvalue weighted by molar-refractivity contribution is 0.0622. The summed E-state index contributed by atoms with van der Waals surface area (Å²) in [5.74, 6) is 2.90. The normalized spacial score (nSPS) is 16.1. The number of hydrogen-bond acceptors (Lipinski definition) is 7. The number of carbonyl (C=O) groups is 1. The van der Waals surface area contributed by atoms with E-state index >= 15 is 0 Å². The first kappa shape index (κ1) is 19.4. The van der Waals surface area contributed by atoms with Gasteiger partial charge < -0.3 is 19.7 Å². The molecule has 0 spiro atoms. The maximum Gasteiger partial charge on any atom is 0.272 e. The summed E-state index contributed by atoms with van der Waals surface area (Å²) in [7, 11) is 0. The second kappa shape index (κ2) is 8.65. The summed E-state index contributed by atoms with van der Waals surface area (Å²) >= 11 is 0. The van der Waals surface area contributed by atoms with Gasteiger partial charge in [0.2, 0.25) is 6.79 Å². The molecular weight excluding hydrogens is 370 g/mol. The van der Waals surface area contributed by atoms with Gasteiger partial charge in [-0.05, 0) is 31.0 Å². The summed E-state index contributed by atoms with van der Waals surface area (Å²) in [5.41, 5.74) is 1.65. The Balaban J connectivity index is 1.34. The molecule has 8 heteroatoms. The van der Waals surface area contributed by atoms with Crippen molar-refractivity contribution in [3.63, 3.8) is 0 Å². The van der Waals surface area contributed by atoms with Crippen LogP contribution in [0.1, 0.15) is 35.2 Å². The topological polar surface area (TPSA) is 79.8 Å². The molecule has 0 unspecified atom stereocenters. The summed E-state index contributed by atoms with van der Waals surface area (Å²) in [6, 6.07) is 7.82. The largest absolute Gasteiger partial charge is 0.454 e. The molecule has 2 aliphatic rings. The molecule has 29 heavy (non-hydrogen) atoms. The van der Waals surface area contributed by atoms with E-state index in [9.17, 15) is 4.79 Å². The molecule has 1 amide bonds. The number of anilines is 1. The highest BCUT2D eigenvalue weighted by molar-refractivity contribution is 5.93. The molecule has 2 aliphatic heterocycles. The molecule has 1 N–H and O–H groups in total. The van der Waals surface area contributed by atoms with Crippen molar-refractivity contribution in [2.45, 2.75) is 26.8 Å². The van der Waals surface area contributed by atoms with E-state index < -0.39 is 0 Å². The first-order valence-corrected chi connectivity index (χ1v) is 10.1. The van der Waals surface area contributed by atoms with Crippen LogP contribution in [-0.2, 0) is 6.54 Å². The zero-order valence-electron chi connectivity index (χ0n) is 17.0. The van der Waals surface area contributed by atoms with Crippen LogP contribution >= 0.6 is 0 Å². The van der Waals surface area contributed by atoms with E-state index in [1.807, 2.05) is 24.0 Å². The lowest BCUT2D eigenvalue weighted by Gasteiger charge is -2.34. The molecule has 1 aromatic carbocycles. The number of hydrogen-bond donors (Lipinski definition) is 1. The predicted octanol–water partition coefficient (Wildman–Crippen LogP) is 2.29. The molecule has 154 valence electrons. The fraction of sp³-hybridized carbons (Fsp3) is 0.476. The smallest absolute Gasteiger partial charge is 0.272 e. The number of aromatic nitrogens is 2. The minimum Gasteiger partial charge on any atom is -0.454 e. The van der Waals surface area contributed by atoms with Gasteiger partial charge in [0.05, 0.1) is 0 Å². The fourth-order valence-electron chi connectivity index (χ4n) is 3.59. The third-order valence-corrected chi connectivity index (χ3v) is 5.12. The van der Waals surface area contributed by atoms with Crippen LogP contribution in [0.2, 0.25) is 0 Å². The zero-order chi connectivity index (χ0) is 20.2. The van der Waals surface area contributed by atoms with Crippen LogP contribution in [0.3, 0.4) is 0 Å². The van der Waals surface area contributed by atoms with Crippen LogP contribution in [0.15, 0.2) is 24.3 Å². The highest BCUT2D eigenvalue weighted by Gasteiger charge is 2.24. The maximum atomic E-state index is 12.9. The van der Waals surface area contributed by atoms with Crippen LogP contribution in [0, 0.1) is 6.92 Å². The molecule has 0 atom stereocenters. The molecule has 0 radical (unpaired) electrons. The number of nitrogens with zero attached hydrogens (tertiary/aromatic N) is 4. The Morgan fingerprint density at radius 3 is 2.69 bits per heavy atom. The van der Waals surface area contributed by atoms with Gasteiger partial charge in [0.25, 0.3) is 5.91 Å². The number of aryl methyl sites for hydroxylation is 1. The Morgan fingerprint density at radius 2 is 1.90 bits per heavy atom. The lowest BCUT2D eigenvalue weighted by atomic mass is 10.1. The molecule has 2 aromatic rings. The standard InChI is InChI=1S/C21H27N5O3/c1-3-6-22-20-12-17(23-15(2)24-20)21(27)26-9-7-25(8-10-26)13-16-4-5-18-19(11-16)29-14-28-18/h4-5,11-12H,3,6-10,13-14H2,1-2H3,(H,22,23,24). The summed E-state index contributed by atoms with van der Waals surface area (Å²) in [6.07, 6.45) is 0.998. The molecular formula is C21H27N5O3. The van der Waals surface area contributed by atoms with Crippen LogP contribution in [0.4, 0.5) is 5.82 Å². The summed E-state index contributed by atoms with van der Waals surface area (Å²) in [4.78, 5) is 25.9. The van der Waals surface area contributed by atoms with Crippen LogP contribution in [-0.4, -0.2) is 65.2 Å². The van der Waals surface area contributed by atoms with Crippen molar-refractivity contribution in [3.05, 3.63) is 41.3 Å². The number of piperazine rings is 1. The van der Waals surface area contributed by atoms with E-state index in [2.05, 4.69) is 33.2 Å². The third-order valence-electron chi connectivity index (χ3n) is 5.12. The van der Waals surface area contributed by atoms with E-state index in [1.165, 1.54) is 5.56 Å². The number of amides is 1. The number of benzene rings is 1. The van der Waals surface area contributed by atoms with Gasteiger partial charge in [0, 0.05) is 45.3 Å². The summed E-state index contributed by atoms with van der Waals surface area (Å²) < 4.78 is 10.8. The van der Waals surface area contributed by atoms with Crippen LogP contribution in [0.5, 0.6) is 11.5 Å². The maximum absolute atomic E-state index is 12.9. The quantitative estimate of drug-likeness (QED) is 0.801. The van der Waals surface area contributed by atoms with Crippen molar-refractivity contribution in [3.8, 4) is 11.5 Å². The number of rotatable bonds is 6. The van der Waals surface area contributed by atoms with Crippen molar-refractivity contribution >= 4 is 11.7 Å². The summed E-state index contributed by atoms with van der Waals surface area (Å²) in [5, 5.41) is 3.24. The number of carbonyl (C=O) groups excluding carboxylic acids is 1. The van der Waals surface area contributed by atoms with Gasteiger partial charge in [-0.15, -0.1) is 0 Å². The molecule has 1 aromatic heterocycles. The minimum absolute atomic E-state index is 0.0298. The number of nitrogens with one attached hydrogen (secondary N) is 1. The molecule has 3 heterocycles. The highest BCUT2D eigenvalue weighted by Crippen LogP contribution is 2.32. The average molecular weight is 397 g/mol. The van der Waals surface area contributed by atoms with Crippen LogP contribution in [0.25, 0.3) is 0 Å². The van der Waals surface area contributed by atoms with E-state index in [4.69, 9.17) is 9.47 Å². The molecule has 0 aliphatic carbocycles. The number of ether oxygens (including phenoxy) is 2. The lowest BCUT2D eigenvalue weighted by Crippen LogP contribution is -2.48. The third kappa shape index (κ3) is 4.59. The molecule has 1 saturated heterocycles. The van der Waals surface area contributed by atoms with Crippen molar-refractivity contribution in [1.82, 2.24) is 19.8 Å². The highest BCUT2D eigenvalue weighted by atomic mass is 16.7. The predicted molar refractivity (Wildman–Crippen MR) is 109 cm³/mol. The van der Waals surface area contributed by atoms with Gasteiger partial charge >= 0.3 is 0 Å². The van der Waals surface area contributed by atoms with Gasteiger partial charge in [0.1, 0.15) is 17.3 Å². The van der Waals surface area contributed by atoms with E-state index in [-0.39, 0.29) is 12.7 Å². The Morgan fingerprint density at radius 1 is 1.10 bits per heavy atom. The second-order valence-electron chi connectivity index (χ2n) is 7.37. The zero-order valence-corrected chi connectivity index (χ0v) is 17.0. The monoisotopic (exact) mass is 397 g/mol. The number of fused-ring (bicyclic) bond motifs is 1. The fourth-order valence-corrected chi connectivity index (χ4v) is 3.59. The molecule has 0 saturated carbocycles. The van der Waals surface area contributed by atoms with Crippen molar-refractivity contribution in [2.24, 2.45) is 0 Å². The average Bonchev–Trinajstić information content (AvgIpc) is 3.20. The van der Waals surface area contributed by atoms with E-state index in [0.717, 1.165) is 44.1 Å². The Labute approximate surface area is 170 Å². The van der Waals surface area contributed by atoms with E-state index in [0.29, 0.717) is 30.4 Å². The van der Waals surface area contributed by atoms with Crippen molar-refractivity contribution in [1.29, 1.82) is 0 Å². The van der Waals surface area contributed by atoms with Crippen molar-refractivity contribution in [2.75, 3.05) is 44.8 Å². The Hall–Kier alpha value is -2.87. The van der Waals surface area contributed by atoms with Gasteiger partial charge in [-0.1, -0.05) is 13.0 Å². The van der Waals surface area contributed by atoms with Gasteiger partial charge in [-0.3, -0.25) is 9.69 Å². The molecule has 8 nitrogen and oxygen atoms in total. The first-order valence-electron chi connectivity index (χ1n) is 10.1. The first-order chi connectivity index (χ1) is 14.1. The van der Waals surface area contributed by atoms with Gasteiger partial charge in [-0.25, -0.2) is 9.97 Å². The Kier molecular flexibility index (Phi) is 5.80. The molecule has 4 rings (SSSR count). The van der Waals surface area contributed by atoms with Crippen LogP contribution < -0.4 is 14.8 Å². The minimum atomic E-state index is -0.0298. The second-order valence-corrected chi connectivity index (χ2v) is 7.37. The van der Waals surface area contributed by atoms with Crippen molar-refractivity contribution < 1.29 is 14.3 Å². The molecule has 0 bridgehead atoms.